The lowest BCUT2D eigenvalue weighted by Crippen LogP contribution is -2.29. The molecule has 0 atom stereocenters. The van der Waals surface area contributed by atoms with E-state index in [1.54, 1.807) is 0 Å². The number of nitrogens with one attached hydrogen (secondary N) is 1. The fraction of sp³-hybridized carbons (Fsp3) is 0.636. The summed E-state index contributed by atoms with van der Waals surface area (Å²) in [7, 11) is 0. The Morgan fingerprint density at radius 2 is 2.00 bits per heavy atom. The summed E-state index contributed by atoms with van der Waals surface area (Å²) in [5, 5.41) is 2.44. The molecule has 0 spiro atoms. The van der Waals surface area contributed by atoms with Gasteiger partial charge in [-0.25, -0.2) is 4.79 Å². The quantitative estimate of drug-likeness (QED) is 0.375. The number of hydrogen-bond acceptors (Lipinski definition) is 5. The average Bonchev–Trinajstić information content (AvgIpc) is 2.31. The van der Waals surface area contributed by atoms with Crippen LogP contribution in [0.25, 0.3) is 0 Å². The Morgan fingerprint density at radius 1 is 1.24 bits per heavy atom. The van der Waals surface area contributed by atoms with Gasteiger partial charge < -0.3 is 19.5 Å². The van der Waals surface area contributed by atoms with Gasteiger partial charge in [-0.3, -0.25) is 4.79 Å². The normalized spacial score (nSPS) is 9.24. The minimum Gasteiger partial charge on any atom is -0.498 e. The van der Waals surface area contributed by atoms with Crippen molar-refractivity contribution in [3.05, 3.63) is 12.8 Å². The average molecular weight is 245 g/mol. The van der Waals surface area contributed by atoms with Crippen molar-refractivity contribution in [1.29, 1.82) is 0 Å². The molecule has 0 aromatic rings. The second kappa shape index (κ2) is 10.8. The van der Waals surface area contributed by atoms with Gasteiger partial charge in [0.1, 0.15) is 19.8 Å². The molecule has 0 aliphatic rings. The number of ether oxygens (including phenoxy) is 3. The van der Waals surface area contributed by atoms with Crippen LogP contribution in [-0.2, 0) is 19.0 Å². The molecule has 6 nitrogen and oxygen atoms in total. The third kappa shape index (κ3) is 10.6. The van der Waals surface area contributed by atoms with Crippen molar-refractivity contribution in [2.24, 2.45) is 0 Å². The van der Waals surface area contributed by atoms with Gasteiger partial charge in [-0.2, -0.15) is 0 Å². The van der Waals surface area contributed by atoms with E-state index in [1.807, 2.05) is 6.92 Å². The highest BCUT2D eigenvalue weighted by Crippen LogP contribution is 1.90. The molecule has 0 saturated heterocycles. The lowest BCUT2D eigenvalue weighted by molar-refractivity contribution is -0.143. The predicted molar refractivity (Wildman–Crippen MR) is 61.4 cm³/mol. The third-order valence-corrected chi connectivity index (χ3v) is 1.64. The number of alkyl carbamates (subject to hydrolysis) is 1. The van der Waals surface area contributed by atoms with Crippen LogP contribution in [0, 0.1) is 0 Å². The van der Waals surface area contributed by atoms with Gasteiger partial charge in [0, 0.05) is 6.42 Å². The Morgan fingerprint density at radius 3 is 2.65 bits per heavy atom. The van der Waals surface area contributed by atoms with Crippen molar-refractivity contribution in [3.63, 3.8) is 0 Å². The molecule has 1 N–H and O–H groups in total. The van der Waals surface area contributed by atoms with E-state index >= 15 is 0 Å². The van der Waals surface area contributed by atoms with Crippen molar-refractivity contribution < 1.29 is 23.8 Å². The molecule has 0 radical (unpaired) electrons. The van der Waals surface area contributed by atoms with Crippen LogP contribution >= 0.6 is 0 Å². The molecule has 1 amide bonds. The van der Waals surface area contributed by atoms with Gasteiger partial charge >= 0.3 is 12.1 Å². The lowest BCUT2D eigenvalue weighted by atomic mass is 10.3. The summed E-state index contributed by atoms with van der Waals surface area (Å²) in [5.74, 6) is -0.262. The highest BCUT2D eigenvalue weighted by molar-refractivity contribution is 5.69. The molecule has 0 rings (SSSR count). The molecule has 0 unspecified atom stereocenters. The van der Waals surface area contributed by atoms with Crippen LogP contribution in [0.5, 0.6) is 0 Å². The maximum absolute atomic E-state index is 11.0. The van der Waals surface area contributed by atoms with Crippen LogP contribution in [0.4, 0.5) is 4.79 Å². The van der Waals surface area contributed by atoms with Gasteiger partial charge in [0.25, 0.3) is 0 Å². The topological polar surface area (TPSA) is 73.9 Å². The molecule has 0 aliphatic carbocycles. The second-order valence-corrected chi connectivity index (χ2v) is 3.07. The van der Waals surface area contributed by atoms with Crippen LogP contribution < -0.4 is 5.32 Å². The largest absolute Gasteiger partial charge is 0.498 e. The molecule has 6 heteroatoms. The summed E-state index contributed by atoms with van der Waals surface area (Å²) in [5.41, 5.74) is 0. The van der Waals surface area contributed by atoms with Crippen molar-refractivity contribution in [2.75, 3.05) is 26.4 Å². The number of esters is 1. The van der Waals surface area contributed by atoms with Crippen molar-refractivity contribution in [2.45, 2.75) is 19.8 Å². The van der Waals surface area contributed by atoms with E-state index in [1.165, 1.54) is 6.26 Å². The fourth-order valence-corrected chi connectivity index (χ4v) is 0.911. The van der Waals surface area contributed by atoms with Gasteiger partial charge in [-0.05, 0) is 6.42 Å². The number of hydrogen-bond donors (Lipinski definition) is 1. The molecule has 0 aromatic heterocycles. The van der Waals surface area contributed by atoms with Crippen molar-refractivity contribution in [3.8, 4) is 0 Å². The summed E-state index contributed by atoms with van der Waals surface area (Å²) < 4.78 is 14.3. The van der Waals surface area contributed by atoms with E-state index in [2.05, 4.69) is 11.9 Å². The molecule has 0 heterocycles. The highest BCUT2D eigenvalue weighted by Gasteiger charge is 2.03. The highest BCUT2D eigenvalue weighted by atomic mass is 16.6. The van der Waals surface area contributed by atoms with Crippen LogP contribution in [0.3, 0.4) is 0 Å². The van der Waals surface area contributed by atoms with Crippen molar-refractivity contribution >= 4 is 12.1 Å². The maximum Gasteiger partial charge on any atom is 0.407 e. The molecular weight excluding hydrogens is 226 g/mol. The van der Waals surface area contributed by atoms with Gasteiger partial charge in [-0.15, -0.1) is 0 Å². The standard InChI is InChI=1S/C11H19NO5/c1-3-5-10(13)16-7-6-12-11(14)17-9-8-15-4-2/h4H,2-3,5-9H2,1H3,(H,12,14). The SMILES string of the molecule is C=COCCOC(=O)NCCOC(=O)CCC. The Hall–Kier alpha value is -1.72. The zero-order chi connectivity index (χ0) is 12.9. The number of rotatable bonds is 9. The molecule has 98 valence electrons. The first-order valence-corrected chi connectivity index (χ1v) is 5.49. The smallest absolute Gasteiger partial charge is 0.407 e. The lowest BCUT2D eigenvalue weighted by Gasteiger charge is -2.07. The first kappa shape index (κ1) is 15.3. The van der Waals surface area contributed by atoms with Crippen LogP contribution in [0.2, 0.25) is 0 Å². The summed E-state index contributed by atoms with van der Waals surface area (Å²) in [6, 6.07) is 0. The molecule has 0 aromatic carbocycles. The van der Waals surface area contributed by atoms with Gasteiger partial charge in [0.2, 0.25) is 0 Å². The number of carbonyl (C=O) groups is 2. The van der Waals surface area contributed by atoms with Crippen LogP contribution in [0.1, 0.15) is 19.8 Å². The number of amides is 1. The molecule has 0 aliphatic heterocycles. The van der Waals surface area contributed by atoms with E-state index < -0.39 is 6.09 Å². The van der Waals surface area contributed by atoms with Gasteiger partial charge in [-0.1, -0.05) is 13.5 Å². The molecule has 0 bridgehead atoms. The predicted octanol–water partition coefficient (Wildman–Crippen LogP) is 1.22. The van der Waals surface area contributed by atoms with Gasteiger partial charge in [0.05, 0.1) is 12.8 Å². The van der Waals surface area contributed by atoms with Crippen LogP contribution in [0.15, 0.2) is 12.8 Å². The third-order valence-electron chi connectivity index (χ3n) is 1.64. The molecule has 17 heavy (non-hydrogen) atoms. The van der Waals surface area contributed by atoms with Crippen molar-refractivity contribution in [1.82, 2.24) is 5.32 Å². The Kier molecular flexibility index (Phi) is 9.70. The Bertz CT molecular complexity index is 242. The first-order chi connectivity index (χ1) is 8.20. The summed E-state index contributed by atoms with van der Waals surface area (Å²) in [6.45, 7) is 6.03. The Labute approximate surface area is 101 Å². The second-order valence-electron chi connectivity index (χ2n) is 3.07. The minimum absolute atomic E-state index is 0.146. The Balaban J connectivity index is 3.32. The monoisotopic (exact) mass is 245 g/mol. The van der Waals surface area contributed by atoms with E-state index in [9.17, 15) is 9.59 Å². The van der Waals surface area contributed by atoms with E-state index in [0.29, 0.717) is 6.42 Å². The summed E-state index contributed by atoms with van der Waals surface area (Å²) in [6.07, 6.45) is 1.85. The molecule has 0 fully saturated rings. The first-order valence-electron chi connectivity index (χ1n) is 5.49. The maximum atomic E-state index is 11.0. The van der Waals surface area contributed by atoms with E-state index in [4.69, 9.17) is 14.2 Å². The van der Waals surface area contributed by atoms with Crippen LogP contribution in [-0.4, -0.2) is 38.4 Å². The van der Waals surface area contributed by atoms with E-state index in [0.717, 1.165) is 6.42 Å². The molecule has 0 saturated carbocycles. The molecular formula is C11H19NO5. The fourth-order valence-electron chi connectivity index (χ4n) is 0.911. The van der Waals surface area contributed by atoms with Gasteiger partial charge in [0.15, 0.2) is 0 Å². The number of carbonyl (C=O) groups excluding carboxylic acids is 2. The zero-order valence-corrected chi connectivity index (χ0v) is 10.1. The van der Waals surface area contributed by atoms with E-state index in [-0.39, 0.29) is 32.3 Å². The zero-order valence-electron chi connectivity index (χ0n) is 10.1. The summed E-state index contributed by atoms with van der Waals surface area (Å²) in [4.78, 5) is 22.0. The summed E-state index contributed by atoms with van der Waals surface area (Å²) >= 11 is 0. The minimum atomic E-state index is -0.566.